The molecule has 0 spiro atoms. The molecule has 124 valence electrons. The van der Waals surface area contributed by atoms with Crippen LogP contribution in [0.15, 0.2) is 59.9 Å². The van der Waals surface area contributed by atoms with Crippen molar-refractivity contribution < 1.29 is 4.79 Å². The number of nitrogens with zero attached hydrogens (tertiary/aromatic N) is 4. The first-order valence-corrected chi connectivity index (χ1v) is 7.80. The van der Waals surface area contributed by atoms with Gasteiger partial charge in [0.25, 0.3) is 11.5 Å². The minimum absolute atomic E-state index is 0.123. The number of imidazole rings is 1. The van der Waals surface area contributed by atoms with Gasteiger partial charge in [-0.25, -0.2) is 14.6 Å². The molecule has 0 atom stereocenters. The van der Waals surface area contributed by atoms with E-state index < -0.39 is 0 Å². The van der Waals surface area contributed by atoms with Crippen molar-refractivity contribution in [2.45, 2.75) is 13.5 Å². The Kier molecular flexibility index (Phi) is 3.53. The molecule has 1 amide bonds. The quantitative estimate of drug-likeness (QED) is 0.620. The van der Waals surface area contributed by atoms with E-state index in [9.17, 15) is 9.59 Å². The highest BCUT2D eigenvalue weighted by Gasteiger charge is 2.10. The van der Waals surface area contributed by atoms with E-state index in [0.717, 1.165) is 16.6 Å². The van der Waals surface area contributed by atoms with Crippen LogP contribution in [-0.4, -0.2) is 25.1 Å². The van der Waals surface area contributed by atoms with E-state index in [1.54, 1.807) is 10.7 Å². The highest BCUT2D eigenvalue weighted by Crippen LogP contribution is 2.12. The van der Waals surface area contributed by atoms with Crippen molar-refractivity contribution in [3.63, 3.8) is 0 Å². The van der Waals surface area contributed by atoms with Gasteiger partial charge in [0.2, 0.25) is 0 Å². The molecule has 4 aromatic rings. The van der Waals surface area contributed by atoms with Crippen LogP contribution in [0.5, 0.6) is 0 Å². The predicted octanol–water partition coefficient (Wildman–Crippen LogP) is 1.82. The van der Waals surface area contributed by atoms with Crippen molar-refractivity contribution in [1.82, 2.24) is 19.2 Å². The fraction of sp³-hybridized carbons (Fsp3) is 0.111. The number of amides is 1. The van der Waals surface area contributed by atoms with Crippen molar-refractivity contribution >= 4 is 27.8 Å². The molecule has 0 aliphatic heterocycles. The summed E-state index contributed by atoms with van der Waals surface area (Å²) in [5, 5.41) is 0.503. The van der Waals surface area contributed by atoms with Crippen LogP contribution in [0, 0.1) is 6.92 Å². The largest absolute Gasteiger partial charge is 0.289 e. The normalized spacial score (nSPS) is 11.1. The van der Waals surface area contributed by atoms with Crippen molar-refractivity contribution in [2.24, 2.45) is 0 Å². The van der Waals surface area contributed by atoms with E-state index in [-0.39, 0.29) is 18.0 Å². The van der Waals surface area contributed by atoms with Crippen LogP contribution in [0.2, 0.25) is 0 Å². The fourth-order valence-electron chi connectivity index (χ4n) is 2.82. The number of para-hydroxylation sites is 3. The van der Waals surface area contributed by atoms with Gasteiger partial charge in [-0.2, -0.15) is 0 Å². The van der Waals surface area contributed by atoms with Gasteiger partial charge in [0, 0.05) is 0 Å². The van der Waals surface area contributed by atoms with E-state index in [1.165, 1.54) is 17.2 Å². The minimum Gasteiger partial charge on any atom is -0.289 e. The topological polar surface area (TPSA) is 81.8 Å². The first-order valence-electron chi connectivity index (χ1n) is 7.80. The zero-order chi connectivity index (χ0) is 17.4. The van der Waals surface area contributed by atoms with E-state index in [1.807, 2.05) is 43.3 Å². The lowest BCUT2D eigenvalue weighted by atomic mass is 10.1. The summed E-state index contributed by atoms with van der Waals surface area (Å²) in [5.74, 6) is -0.334. The third kappa shape index (κ3) is 2.65. The van der Waals surface area contributed by atoms with Crippen LogP contribution < -0.4 is 11.0 Å². The molecule has 0 unspecified atom stereocenters. The molecule has 0 aliphatic rings. The van der Waals surface area contributed by atoms with Crippen molar-refractivity contribution in [3.8, 4) is 0 Å². The van der Waals surface area contributed by atoms with Gasteiger partial charge < -0.3 is 0 Å². The Morgan fingerprint density at radius 3 is 2.80 bits per heavy atom. The van der Waals surface area contributed by atoms with Gasteiger partial charge in [0.05, 0.1) is 28.3 Å². The van der Waals surface area contributed by atoms with Crippen LogP contribution in [-0.2, 0) is 11.3 Å². The molecule has 2 heterocycles. The van der Waals surface area contributed by atoms with Gasteiger partial charge in [-0.05, 0) is 30.7 Å². The molecule has 1 N–H and O–H groups in total. The monoisotopic (exact) mass is 333 g/mol. The number of aryl methyl sites for hydroxylation is 1. The highest BCUT2D eigenvalue weighted by atomic mass is 16.2. The molecule has 7 nitrogen and oxygen atoms in total. The maximum atomic E-state index is 12.6. The summed E-state index contributed by atoms with van der Waals surface area (Å²) in [6, 6.07) is 12.9. The van der Waals surface area contributed by atoms with Crippen LogP contribution in [0.25, 0.3) is 21.9 Å². The van der Waals surface area contributed by atoms with Crippen LogP contribution >= 0.6 is 0 Å². The molecule has 0 radical (unpaired) electrons. The minimum atomic E-state index is -0.334. The van der Waals surface area contributed by atoms with E-state index in [0.29, 0.717) is 10.9 Å². The van der Waals surface area contributed by atoms with E-state index in [2.05, 4.69) is 15.4 Å². The average molecular weight is 333 g/mol. The summed E-state index contributed by atoms with van der Waals surface area (Å²) in [6.07, 6.45) is 2.94. The molecule has 2 aromatic heterocycles. The number of carbonyl (C=O) groups is 1. The summed E-state index contributed by atoms with van der Waals surface area (Å²) in [4.78, 5) is 33.4. The second-order valence-electron chi connectivity index (χ2n) is 5.79. The molecular weight excluding hydrogens is 318 g/mol. The number of aromatic nitrogens is 4. The Hall–Kier alpha value is -3.48. The lowest BCUT2D eigenvalue weighted by Gasteiger charge is -2.09. The summed E-state index contributed by atoms with van der Waals surface area (Å²) in [7, 11) is 0. The third-order valence-electron chi connectivity index (χ3n) is 4.07. The molecule has 0 saturated carbocycles. The van der Waals surface area contributed by atoms with Gasteiger partial charge in [0.15, 0.2) is 0 Å². The maximum Gasteiger partial charge on any atom is 0.261 e. The number of rotatable bonds is 3. The highest BCUT2D eigenvalue weighted by molar-refractivity contribution is 5.86. The summed E-state index contributed by atoms with van der Waals surface area (Å²) in [5.41, 5.74) is 5.64. The van der Waals surface area contributed by atoms with Crippen molar-refractivity contribution in [1.29, 1.82) is 0 Å². The summed E-state index contributed by atoms with van der Waals surface area (Å²) in [6.45, 7) is 1.78. The molecule has 2 aromatic carbocycles. The van der Waals surface area contributed by atoms with Crippen LogP contribution in [0.1, 0.15) is 5.56 Å². The zero-order valence-corrected chi connectivity index (χ0v) is 13.5. The molecule has 0 saturated heterocycles. The van der Waals surface area contributed by atoms with Crippen LogP contribution in [0.4, 0.5) is 0 Å². The molecule has 25 heavy (non-hydrogen) atoms. The predicted molar refractivity (Wildman–Crippen MR) is 94.8 cm³/mol. The van der Waals surface area contributed by atoms with Crippen molar-refractivity contribution in [3.05, 3.63) is 71.0 Å². The Morgan fingerprint density at radius 2 is 1.92 bits per heavy atom. The Morgan fingerprint density at radius 1 is 1.08 bits per heavy atom. The number of nitrogens with one attached hydrogen (secondary N) is 1. The first-order chi connectivity index (χ1) is 12.1. The van der Waals surface area contributed by atoms with Gasteiger partial charge in [-0.15, -0.1) is 0 Å². The Balaban J connectivity index is 1.62. The molecule has 4 rings (SSSR count). The Labute approximate surface area is 142 Å². The SMILES string of the molecule is Cc1cccc2c(=O)n(CC(=O)Nn3cnc4ccccc43)cnc12. The second kappa shape index (κ2) is 5.86. The lowest BCUT2D eigenvalue weighted by molar-refractivity contribution is -0.117. The maximum absolute atomic E-state index is 12.6. The van der Waals surface area contributed by atoms with Gasteiger partial charge in [0.1, 0.15) is 12.9 Å². The first kappa shape index (κ1) is 15.1. The number of hydrogen-bond acceptors (Lipinski definition) is 4. The fourth-order valence-corrected chi connectivity index (χ4v) is 2.82. The van der Waals surface area contributed by atoms with Gasteiger partial charge in [-0.1, -0.05) is 24.3 Å². The van der Waals surface area contributed by atoms with Gasteiger partial charge >= 0.3 is 0 Å². The molecule has 0 aliphatic carbocycles. The smallest absolute Gasteiger partial charge is 0.261 e. The summed E-state index contributed by atoms with van der Waals surface area (Å²) < 4.78 is 2.84. The van der Waals surface area contributed by atoms with E-state index >= 15 is 0 Å². The Bertz CT molecular complexity index is 1160. The second-order valence-corrected chi connectivity index (χ2v) is 5.79. The molecule has 0 fully saturated rings. The van der Waals surface area contributed by atoms with E-state index in [4.69, 9.17) is 0 Å². The third-order valence-corrected chi connectivity index (χ3v) is 4.07. The number of fused-ring (bicyclic) bond motifs is 2. The van der Waals surface area contributed by atoms with Gasteiger partial charge in [-0.3, -0.25) is 19.6 Å². The lowest BCUT2D eigenvalue weighted by Crippen LogP contribution is -2.31. The summed E-state index contributed by atoms with van der Waals surface area (Å²) >= 11 is 0. The number of benzene rings is 2. The molecular formula is C18H15N5O2. The number of hydrogen-bond donors (Lipinski definition) is 1. The molecule has 7 heteroatoms. The van der Waals surface area contributed by atoms with Crippen molar-refractivity contribution in [2.75, 3.05) is 5.43 Å². The van der Waals surface area contributed by atoms with Crippen LogP contribution in [0.3, 0.4) is 0 Å². The zero-order valence-electron chi connectivity index (χ0n) is 13.5. The molecule has 0 bridgehead atoms. The standard InChI is InChI=1S/C18H15N5O2/c1-12-5-4-6-13-17(12)20-10-22(18(13)25)9-16(24)21-23-11-19-14-7-2-3-8-15(14)23/h2-8,10-11H,9H2,1H3,(H,21,24). The number of carbonyl (C=O) groups excluding carboxylic acids is 1. The average Bonchev–Trinajstić information content (AvgIpc) is 3.01.